The van der Waals surface area contributed by atoms with Gasteiger partial charge in [0.05, 0.1) is 5.41 Å². The minimum absolute atomic E-state index is 0.204. The molecule has 0 saturated carbocycles. The molecular formula is C104H76N2. The average Bonchev–Trinajstić information content (AvgIpc) is 1.53. The summed E-state index contributed by atoms with van der Waals surface area (Å²) in [7, 11) is 0. The molecule has 0 unspecified atom stereocenters. The standard InChI is InChI=1S/C104H76N2/c1-101(2)90-44-24-20-39-75(90)81-57-59-83(79-41-27-47-93(101)99(79)81)97-86-56-52-70(106(68-35-17-10-18-36-68)72-50-54-78-74-38-22-26-46-92(74)104(96(78)64-72,65-29-11-7-12-30-65)66-31-13-8-14-32-66)62-88(86)98(84-60-58-82-76-40-21-25-45-91(76)102(3,4)94-48-28-42-80(84)100(82)94)85-55-51-69(61-87(85)97)105(67-33-15-9-16-34-67)71-49-53-77-73-37-19-23-43-89(73)103(5,6)95(77)63-71/h7-64H,1-6H3. The summed E-state index contributed by atoms with van der Waals surface area (Å²) in [5, 5.41) is 9.84. The van der Waals surface area contributed by atoms with Crippen molar-refractivity contribution in [1.82, 2.24) is 0 Å². The fourth-order valence-corrected chi connectivity index (χ4v) is 20.1. The predicted molar refractivity (Wildman–Crippen MR) is 447 cm³/mol. The van der Waals surface area contributed by atoms with Gasteiger partial charge >= 0.3 is 0 Å². The van der Waals surface area contributed by atoms with Gasteiger partial charge in [-0.25, -0.2) is 0 Å². The van der Waals surface area contributed by atoms with Crippen molar-refractivity contribution in [2.24, 2.45) is 0 Å². The zero-order chi connectivity index (χ0) is 71.0. The zero-order valence-corrected chi connectivity index (χ0v) is 60.4. The lowest BCUT2D eigenvalue weighted by Crippen LogP contribution is -2.28. The molecule has 0 atom stereocenters. The summed E-state index contributed by atoms with van der Waals surface area (Å²) in [5.74, 6) is 0. The van der Waals surface area contributed by atoms with E-state index in [0.717, 1.165) is 34.1 Å². The first-order valence-electron chi connectivity index (χ1n) is 37.6. The molecule has 4 aliphatic carbocycles. The van der Waals surface area contributed by atoms with E-state index in [1.54, 1.807) is 0 Å². The summed E-state index contributed by atoms with van der Waals surface area (Å²) in [6, 6.07) is 134. The Labute approximate surface area is 620 Å². The van der Waals surface area contributed by atoms with Crippen molar-refractivity contribution in [3.8, 4) is 66.8 Å². The third-order valence-electron chi connectivity index (χ3n) is 24.9. The van der Waals surface area contributed by atoms with E-state index >= 15 is 0 Å². The Kier molecular flexibility index (Phi) is 13.4. The minimum Gasteiger partial charge on any atom is -0.310 e. The Bertz CT molecular complexity index is 6500. The number of hydrogen-bond donors (Lipinski definition) is 0. The van der Waals surface area contributed by atoms with Crippen LogP contribution in [-0.2, 0) is 21.7 Å². The highest BCUT2D eigenvalue weighted by Gasteiger charge is 2.47. The SMILES string of the molecule is CC1(C)c2ccccc2-c2ccc(N(c3ccccc3)c3ccc4c(-c5ccc6c7c(cccc57)C(C)(C)c5ccccc5-6)c5cc(N(c6ccccc6)c6ccc7c(c6)C(c6ccccc6)(c6ccccc6)c6ccccc6-7)ccc5c(-c5ccc6c7c(cccc57)C(C)(C)c5ccccc5-6)c4c3)cc21. The van der Waals surface area contributed by atoms with Crippen LogP contribution in [0.1, 0.15) is 97.2 Å². The molecule has 0 radical (unpaired) electrons. The zero-order valence-electron chi connectivity index (χ0n) is 60.4. The minimum atomic E-state index is -0.602. The van der Waals surface area contributed by atoms with Crippen LogP contribution in [0.15, 0.2) is 352 Å². The second kappa shape index (κ2) is 22.9. The van der Waals surface area contributed by atoms with E-state index in [2.05, 4.69) is 403 Å². The molecule has 0 aliphatic heterocycles. The first-order valence-corrected chi connectivity index (χ1v) is 37.6. The second-order valence-corrected chi connectivity index (χ2v) is 31.3. The van der Waals surface area contributed by atoms with Crippen LogP contribution in [0.5, 0.6) is 0 Å². The molecule has 0 bridgehead atoms. The molecule has 17 aromatic rings. The van der Waals surface area contributed by atoms with Crippen molar-refractivity contribution in [3.05, 3.63) is 407 Å². The van der Waals surface area contributed by atoms with Crippen LogP contribution in [-0.4, -0.2) is 0 Å². The average molecular weight is 1350 g/mol. The van der Waals surface area contributed by atoms with Gasteiger partial charge in [-0.05, 0) is 238 Å². The van der Waals surface area contributed by atoms with E-state index in [1.807, 2.05) is 0 Å². The fraction of sp³-hybridized carbons (Fsp3) is 0.0962. The van der Waals surface area contributed by atoms with Crippen molar-refractivity contribution in [2.75, 3.05) is 9.80 Å². The summed E-state index contributed by atoms with van der Waals surface area (Å²) in [6.45, 7) is 14.5. The Morgan fingerprint density at radius 3 is 0.925 bits per heavy atom. The maximum Gasteiger partial charge on any atom is 0.0714 e. The van der Waals surface area contributed by atoms with E-state index in [4.69, 9.17) is 0 Å². The summed E-state index contributed by atoms with van der Waals surface area (Å²) >= 11 is 0. The van der Waals surface area contributed by atoms with E-state index in [0.29, 0.717) is 0 Å². The van der Waals surface area contributed by atoms with E-state index in [1.165, 1.54) is 165 Å². The summed E-state index contributed by atoms with van der Waals surface area (Å²) in [6.07, 6.45) is 0. The molecule has 0 N–H and O–H groups in total. The molecule has 106 heavy (non-hydrogen) atoms. The van der Waals surface area contributed by atoms with E-state index < -0.39 is 5.41 Å². The molecule has 0 fully saturated rings. The van der Waals surface area contributed by atoms with Crippen LogP contribution < -0.4 is 9.80 Å². The number of hydrogen-bond acceptors (Lipinski definition) is 2. The maximum absolute atomic E-state index is 2.55. The van der Waals surface area contributed by atoms with Crippen molar-refractivity contribution in [3.63, 3.8) is 0 Å². The third-order valence-corrected chi connectivity index (χ3v) is 24.9. The van der Waals surface area contributed by atoms with Crippen LogP contribution in [0.2, 0.25) is 0 Å². The Balaban J connectivity index is 0.889. The smallest absolute Gasteiger partial charge is 0.0714 e. The first-order chi connectivity index (χ1) is 51.9. The highest BCUT2D eigenvalue weighted by atomic mass is 15.1. The van der Waals surface area contributed by atoms with Gasteiger partial charge in [0.2, 0.25) is 0 Å². The number of para-hydroxylation sites is 2. The van der Waals surface area contributed by atoms with Gasteiger partial charge in [0.25, 0.3) is 0 Å². The monoisotopic (exact) mass is 1350 g/mol. The largest absolute Gasteiger partial charge is 0.310 e. The van der Waals surface area contributed by atoms with Gasteiger partial charge in [0.1, 0.15) is 0 Å². The van der Waals surface area contributed by atoms with Crippen LogP contribution in [0.4, 0.5) is 34.1 Å². The quantitative estimate of drug-likeness (QED) is 0.126. The molecule has 2 heteroatoms. The second-order valence-electron chi connectivity index (χ2n) is 31.3. The van der Waals surface area contributed by atoms with Crippen LogP contribution in [0.25, 0.3) is 110 Å². The lowest BCUT2D eigenvalue weighted by Gasteiger charge is -2.36. The third kappa shape index (κ3) is 8.67. The van der Waals surface area contributed by atoms with Crippen molar-refractivity contribution in [2.45, 2.75) is 63.2 Å². The molecular weight excluding hydrogens is 1280 g/mol. The van der Waals surface area contributed by atoms with Crippen LogP contribution in [0.3, 0.4) is 0 Å². The molecule has 4 aliphatic rings. The molecule has 0 spiro atoms. The highest BCUT2D eigenvalue weighted by Crippen LogP contribution is 2.61. The fourth-order valence-electron chi connectivity index (χ4n) is 20.1. The van der Waals surface area contributed by atoms with Crippen molar-refractivity contribution < 1.29 is 0 Å². The van der Waals surface area contributed by atoms with Gasteiger partial charge < -0.3 is 9.80 Å². The van der Waals surface area contributed by atoms with Crippen molar-refractivity contribution >= 4 is 77.2 Å². The number of nitrogens with zero attached hydrogens (tertiary/aromatic N) is 2. The molecule has 0 saturated heterocycles. The van der Waals surface area contributed by atoms with Gasteiger partial charge in [-0.1, -0.05) is 321 Å². The number of fused-ring (bicyclic) bond motifs is 12. The lowest BCUT2D eigenvalue weighted by molar-refractivity contribution is 0.645. The van der Waals surface area contributed by atoms with Gasteiger partial charge in [0, 0.05) is 50.4 Å². The van der Waals surface area contributed by atoms with Gasteiger partial charge in [-0.2, -0.15) is 0 Å². The maximum atomic E-state index is 2.55. The summed E-state index contributed by atoms with van der Waals surface area (Å²) < 4.78 is 0. The Morgan fingerprint density at radius 1 is 0.179 bits per heavy atom. The molecule has 0 aromatic heterocycles. The summed E-state index contributed by atoms with van der Waals surface area (Å²) in [4.78, 5) is 5.03. The van der Waals surface area contributed by atoms with Gasteiger partial charge in [0.15, 0.2) is 0 Å². The molecule has 0 heterocycles. The number of benzene rings is 17. The topological polar surface area (TPSA) is 6.48 Å². The molecule has 502 valence electrons. The molecule has 17 aromatic carbocycles. The normalized spacial score (nSPS) is 14.6. The Hall–Kier alpha value is -12.6. The molecule has 2 nitrogen and oxygen atoms in total. The first kappa shape index (κ1) is 62.0. The van der Waals surface area contributed by atoms with E-state index in [-0.39, 0.29) is 16.2 Å². The highest BCUT2D eigenvalue weighted by molar-refractivity contribution is 6.28. The van der Waals surface area contributed by atoms with Gasteiger partial charge in [-0.3, -0.25) is 0 Å². The molecule has 0 amide bonds. The number of rotatable bonds is 10. The van der Waals surface area contributed by atoms with Crippen LogP contribution in [0, 0.1) is 0 Å². The van der Waals surface area contributed by atoms with Gasteiger partial charge in [-0.15, -0.1) is 0 Å². The summed E-state index contributed by atoms with van der Waals surface area (Å²) in [5.41, 5.74) is 33.4. The Morgan fingerprint density at radius 2 is 0.481 bits per heavy atom. The lowest BCUT2D eigenvalue weighted by atomic mass is 9.67. The van der Waals surface area contributed by atoms with Crippen LogP contribution >= 0.6 is 0 Å². The predicted octanol–water partition coefficient (Wildman–Crippen LogP) is 27.9. The molecule has 21 rings (SSSR count). The van der Waals surface area contributed by atoms with Crippen molar-refractivity contribution in [1.29, 1.82) is 0 Å². The number of anilines is 6. The van der Waals surface area contributed by atoms with E-state index in [9.17, 15) is 0 Å².